The highest BCUT2D eigenvalue weighted by molar-refractivity contribution is 6.07. The average molecular weight is 883 g/mol. The van der Waals surface area contributed by atoms with Gasteiger partial charge in [-0.3, -0.25) is 0 Å². The van der Waals surface area contributed by atoms with E-state index < -0.39 is 17.9 Å². The number of unbranched alkanes of at least 4 members (excludes halogenated alkanes) is 30. The Morgan fingerprint density at radius 2 is 0.444 bits per heavy atom. The Kier molecular flexibility index (Phi) is 36.2. The minimum absolute atomic E-state index is 0.0818. The van der Waals surface area contributed by atoms with Crippen LogP contribution in [0, 0.1) is 17.8 Å². The van der Waals surface area contributed by atoms with Gasteiger partial charge in [0.15, 0.2) is 0 Å². The molecule has 0 heterocycles. The molecule has 0 spiro atoms. The number of carboxylic acids is 3. The lowest BCUT2D eigenvalue weighted by atomic mass is 9.80. The molecular formula is C57H102O6. The Labute approximate surface area is 389 Å². The normalized spacial score (nSPS) is 11.8. The van der Waals surface area contributed by atoms with Crippen LogP contribution in [0.5, 0.6) is 0 Å². The van der Waals surface area contributed by atoms with Crippen LogP contribution in [-0.2, 0) is 19.3 Å². The largest absolute Gasteiger partial charge is 0.478 e. The van der Waals surface area contributed by atoms with Crippen molar-refractivity contribution in [1.29, 1.82) is 0 Å². The third-order valence-corrected chi connectivity index (χ3v) is 13.6. The Bertz CT molecular complexity index is 1310. The summed E-state index contributed by atoms with van der Waals surface area (Å²) in [5.74, 6) is -1.30. The summed E-state index contributed by atoms with van der Waals surface area (Å²) in [6.45, 7) is 13.8. The van der Waals surface area contributed by atoms with Crippen LogP contribution < -0.4 is 0 Å². The number of aromatic carboxylic acids is 3. The highest BCUT2D eigenvalue weighted by Crippen LogP contribution is 2.34. The van der Waals surface area contributed by atoms with Crippen molar-refractivity contribution in [1.82, 2.24) is 0 Å². The highest BCUT2D eigenvalue weighted by Gasteiger charge is 2.32. The molecule has 0 radical (unpaired) electrons. The van der Waals surface area contributed by atoms with Gasteiger partial charge in [0.2, 0.25) is 0 Å². The second kappa shape index (κ2) is 38.9. The lowest BCUT2D eigenvalue weighted by molar-refractivity contribution is 0.0646. The van der Waals surface area contributed by atoms with Gasteiger partial charge in [0.05, 0.1) is 16.7 Å². The first kappa shape index (κ1) is 58.6. The number of carbonyl (C=O) groups is 3. The van der Waals surface area contributed by atoms with E-state index in [0.29, 0.717) is 30.4 Å². The van der Waals surface area contributed by atoms with Crippen LogP contribution in [0.2, 0.25) is 0 Å². The molecule has 6 nitrogen and oxygen atoms in total. The van der Waals surface area contributed by atoms with E-state index in [1.807, 2.05) is 0 Å². The maximum absolute atomic E-state index is 13.2. The summed E-state index contributed by atoms with van der Waals surface area (Å²) < 4.78 is 0. The fraction of sp³-hybridized carbons (Fsp3) is 0.842. The lowest BCUT2D eigenvalue weighted by Gasteiger charge is -2.22. The summed E-state index contributed by atoms with van der Waals surface area (Å²) in [6.07, 6.45) is 43.8. The van der Waals surface area contributed by atoms with Crippen molar-refractivity contribution in [2.75, 3.05) is 0 Å². The van der Waals surface area contributed by atoms with Crippen molar-refractivity contribution in [3.63, 3.8) is 0 Å². The first-order valence-corrected chi connectivity index (χ1v) is 27.3. The molecule has 1 rings (SSSR count). The van der Waals surface area contributed by atoms with Crippen molar-refractivity contribution in [3.05, 3.63) is 33.4 Å². The molecule has 0 aromatic heterocycles. The van der Waals surface area contributed by atoms with E-state index in [-0.39, 0.29) is 28.7 Å². The Morgan fingerprint density at radius 3 is 0.667 bits per heavy atom. The van der Waals surface area contributed by atoms with Gasteiger partial charge in [-0.05, 0) is 73.0 Å². The average Bonchev–Trinajstić information content (AvgIpc) is 3.22. The number of hydrogen-bond acceptors (Lipinski definition) is 3. The molecule has 0 saturated heterocycles. The first-order chi connectivity index (χ1) is 30.4. The molecule has 0 unspecified atom stereocenters. The SMILES string of the molecule is CC(C)CCCCCCCCCCCCCc1c(CCCCCCCCCCCCCC(C)C)c(C(=O)O)c(C(=O)O)c(CCCCCCCCCCCCCC(C)C)c1C(=O)O. The lowest BCUT2D eigenvalue weighted by Crippen LogP contribution is -2.22. The molecule has 0 saturated carbocycles. The number of rotatable bonds is 45. The first-order valence-electron chi connectivity index (χ1n) is 27.3. The number of benzene rings is 1. The van der Waals surface area contributed by atoms with Crippen LogP contribution in [-0.4, -0.2) is 33.2 Å². The second-order valence-corrected chi connectivity index (χ2v) is 20.9. The van der Waals surface area contributed by atoms with Crippen molar-refractivity contribution in [2.45, 2.75) is 292 Å². The molecule has 1 aromatic carbocycles. The van der Waals surface area contributed by atoms with Crippen LogP contribution in [0.1, 0.15) is 320 Å². The number of hydrogen-bond donors (Lipinski definition) is 3. The fourth-order valence-corrected chi connectivity index (χ4v) is 9.78. The van der Waals surface area contributed by atoms with E-state index in [1.165, 1.54) is 154 Å². The molecule has 0 aliphatic carbocycles. The van der Waals surface area contributed by atoms with Crippen molar-refractivity contribution < 1.29 is 29.7 Å². The smallest absolute Gasteiger partial charge is 0.336 e. The molecule has 6 heteroatoms. The van der Waals surface area contributed by atoms with Crippen molar-refractivity contribution >= 4 is 17.9 Å². The van der Waals surface area contributed by atoms with E-state index in [2.05, 4.69) is 41.5 Å². The summed E-state index contributed by atoms with van der Waals surface area (Å²) in [5.41, 5.74) is 0.934. The molecule has 366 valence electrons. The molecule has 0 amide bonds. The van der Waals surface area contributed by atoms with Crippen LogP contribution in [0.3, 0.4) is 0 Å². The Hall–Kier alpha value is -2.37. The Morgan fingerprint density at radius 1 is 0.270 bits per heavy atom. The zero-order chi connectivity index (χ0) is 46.5. The van der Waals surface area contributed by atoms with Crippen LogP contribution in [0.15, 0.2) is 0 Å². The zero-order valence-corrected chi connectivity index (χ0v) is 42.4. The zero-order valence-electron chi connectivity index (χ0n) is 42.4. The van der Waals surface area contributed by atoms with Crippen LogP contribution >= 0.6 is 0 Å². The van der Waals surface area contributed by atoms with Gasteiger partial charge in [-0.15, -0.1) is 0 Å². The molecule has 63 heavy (non-hydrogen) atoms. The van der Waals surface area contributed by atoms with Crippen LogP contribution in [0.25, 0.3) is 0 Å². The number of carboxylic acid groups (broad SMARTS) is 3. The molecule has 0 atom stereocenters. The summed E-state index contributed by atoms with van der Waals surface area (Å²) in [7, 11) is 0. The van der Waals surface area contributed by atoms with Gasteiger partial charge < -0.3 is 15.3 Å². The van der Waals surface area contributed by atoms with Gasteiger partial charge in [0.25, 0.3) is 0 Å². The van der Waals surface area contributed by atoms with E-state index in [1.54, 1.807) is 0 Å². The van der Waals surface area contributed by atoms with Gasteiger partial charge in [0, 0.05) is 0 Å². The van der Waals surface area contributed by atoms with Gasteiger partial charge >= 0.3 is 17.9 Å². The summed E-state index contributed by atoms with van der Waals surface area (Å²) in [4.78, 5) is 39.3. The molecule has 1 aromatic rings. The second-order valence-electron chi connectivity index (χ2n) is 20.9. The highest BCUT2D eigenvalue weighted by atomic mass is 16.4. The standard InChI is InChI=1S/C57H102O6/c1-46(2)40-34-28-22-16-10-7-13-19-25-31-37-43-49-50(44-38-32-26-20-14-8-11-17-23-29-35-41-47(3)4)53(56(60)61)54(57(62)63)51(52(49)55(58)59)45-39-33-27-21-15-9-12-18-24-30-36-42-48(5)6/h46-48H,7-45H2,1-6H3,(H,58,59)(H,60,61)(H,62,63). The molecular weight excluding hydrogens is 781 g/mol. The molecule has 0 fully saturated rings. The summed E-state index contributed by atoms with van der Waals surface area (Å²) in [6, 6.07) is 0. The van der Waals surface area contributed by atoms with Gasteiger partial charge in [-0.25, -0.2) is 14.4 Å². The van der Waals surface area contributed by atoms with Gasteiger partial charge in [0.1, 0.15) is 0 Å². The molecule has 0 aliphatic heterocycles. The minimum Gasteiger partial charge on any atom is -0.478 e. The van der Waals surface area contributed by atoms with Gasteiger partial charge in [-0.1, -0.05) is 253 Å². The molecule has 3 N–H and O–H groups in total. The topological polar surface area (TPSA) is 112 Å². The third-order valence-electron chi connectivity index (χ3n) is 13.6. The van der Waals surface area contributed by atoms with Crippen LogP contribution in [0.4, 0.5) is 0 Å². The fourth-order valence-electron chi connectivity index (χ4n) is 9.78. The van der Waals surface area contributed by atoms with E-state index in [0.717, 1.165) is 88.4 Å². The minimum atomic E-state index is -1.32. The quantitative estimate of drug-likeness (QED) is 0.0563. The molecule has 0 bridgehead atoms. The van der Waals surface area contributed by atoms with Crippen molar-refractivity contribution in [3.8, 4) is 0 Å². The summed E-state index contributed by atoms with van der Waals surface area (Å²) in [5, 5.41) is 32.0. The van der Waals surface area contributed by atoms with Crippen molar-refractivity contribution in [2.24, 2.45) is 17.8 Å². The summed E-state index contributed by atoms with van der Waals surface area (Å²) >= 11 is 0. The van der Waals surface area contributed by atoms with E-state index in [9.17, 15) is 29.7 Å². The molecule has 0 aliphatic rings. The monoisotopic (exact) mass is 883 g/mol. The van der Waals surface area contributed by atoms with E-state index >= 15 is 0 Å². The maximum atomic E-state index is 13.2. The predicted molar refractivity (Wildman–Crippen MR) is 269 cm³/mol. The maximum Gasteiger partial charge on any atom is 0.336 e. The Balaban J connectivity index is 2.94. The van der Waals surface area contributed by atoms with Gasteiger partial charge in [-0.2, -0.15) is 0 Å². The van der Waals surface area contributed by atoms with E-state index in [4.69, 9.17) is 0 Å². The third kappa shape index (κ3) is 29.7. The predicted octanol–water partition coefficient (Wildman–Crippen LogP) is 18.4.